The number of rotatable bonds is 4. The molecule has 0 amide bonds. The molecule has 3 aromatic rings. The third kappa shape index (κ3) is 2.56. The van der Waals surface area contributed by atoms with Crippen LogP contribution in [0.5, 0.6) is 0 Å². The molecule has 2 aromatic heterocycles. The molecule has 0 saturated heterocycles. The van der Waals surface area contributed by atoms with E-state index in [0.717, 1.165) is 23.3 Å². The monoisotopic (exact) mass is 285 g/mol. The lowest BCUT2D eigenvalue weighted by Crippen LogP contribution is -2.04. The molecule has 3 rings (SSSR count). The van der Waals surface area contributed by atoms with Gasteiger partial charge >= 0.3 is 0 Å². The molecule has 6 heteroatoms. The number of benzene rings is 1. The molecular formula is C15H16FN5. The highest BCUT2D eigenvalue weighted by Gasteiger charge is 2.09. The minimum Gasteiger partial charge on any atom is -0.364 e. The van der Waals surface area contributed by atoms with E-state index in [1.165, 1.54) is 12.4 Å². The molecule has 0 saturated carbocycles. The fraction of sp³-hybridized carbons (Fsp3) is 0.267. The standard InChI is InChI=1S/C15H16FN5/c1-3-21-9-20-13-14(18-8-19-15(13)21)17-7-11-4-5-12(16)10(2)6-11/h4-6,8-9H,3,7H2,1-2H3,(H,17,18,19). The van der Waals surface area contributed by atoms with Gasteiger partial charge in [-0.05, 0) is 31.0 Å². The summed E-state index contributed by atoms with van der Waals surface area (Å²) in [6, 6.07) is 5.07. The SMILES string of the molecule is CCn1cnc2c(NCc3ccc(F)c(C)c3)ncnc21. The summed E-state index contributed by atoms with van der Waals surface area (Å²) in [4.78, 5) is 12.8. The normalized spacial score (nSPS) is 11.0. The highest BCUT2D eigenvalue weighted by Crippen LogP contribution is 2.18. The van der Waals surface area contributed by atoms with Crippen LogP contribution in [0.25, 0.3) is 11.2 Å². The van der Waals surface area contributed by atoms with Gasteiger partial charge in [0.15, 0.2) is 11.5 Å². The van der Waals surface area contributed by atoms with E-state index in [9.17, 15) is 4.39 Å². The van der Waals surface area contributed by atoms with Crippen molar-refractivity contribution < 1.29 is 4.39 Å². The van der Waals surface area contributed by atoms with E-state index in [0.29, 0.717) is 17.9 Å². The van der Waals surface area contributed by atoms with Crippen LogP contribution in [0, 0.1) is 12.7 Å². The number of aryl methyl sites for hydroxylation is 2. The summed E-state index contributed by atoms with van der Waals surface area (Å²) < 4.78 is 15.2. The lowest BCUT2D eigenvalue weighted by atomic mass is 10.1. The first-order valence-electron chi connectivity index (χ1n) is 6.83. The number of hydrogen-bond donors (Lipinski definition) is 1. The van der Waals surface area contributed by atoms with E-state index in [2.05, 4.69) is 20.3 Å². The Morgan fingerprint density at radius 3 is 2.86 bits per heavy atom. The van der Waals surface area contributed by atoms with Gasteiger partial charge in [-0.2, -0.15) is 0 Å². The van der Waals surface area contributed by atoms with Gasteiger partial charge in [0.05, 0.1) is 6.33 Å². The first-order chi connectivity index (χ1) is 10.2. The molecular weight excluding hydrogens is 269 g/mol. The van der Waals surface area contributed by atoms with E-state index in [-0.39, 0.29) is 5.82 Å². The number of anilines is 1. The minimum atomic E-state index is -0.190. The summed E-state index contributed by atoms with van der Waals surface area (Å²) >= 11 is 0. The Morgan fingerprint density at radius 2 is 2.10 bits per heavy atom. The lowest BCUT2D eigenvalue weighted by Gasteiger charge is -2.07. The molecule has 5 nitrogen and oxygen atoms in total. The molecule has 0 spiro atoms. The van der Waals surface area contributed by atoms with Gasteiger partial charge in [0.2, 0.25) is 0 Å². The molecule has 108 valence electrons. The number of hydrogen-bond acceptors (Lipinski definition) is 4. The van der Waals surface area contributed by atoms with Crippen LogP contribution in [0.2, 0.25) is 0 Å². The van der Waals surface area contributed by atoms with Crippen molar-refractivity contribution in [1.82, 2.24) is 19.5 Å². The Balaban J connectivity index is 1.85. The van der Waals surface area contributed by atoms with Gasteiger partial charge in [0.1, 0.15) is 17.7 Å². The van der Waals surface area contributed by atoms with Crippen LogP contribution >= 0.6 is 0 Å². The summed E-state index contributed by atoms with van der Waals surface area (Å²) in [7, 11) is 0. The third-order valence-electron chi connectivity index (χ3n) is 3.42. The maximum Gasteiger partial charge on any atom is 0.165 e. The van der Waals surface area contributed by atoms with Crippen molar-refractivity contribution in [1.29, 1.82) is 0 Å². The highest BCUT2D eigenvalue weighted by atomic mass is 19.1. The smallest absolute Gasteiger partial charge is 0.165 e. The molecule has 1 aromatic carbocycles. The molecule has 0 atom stereocenters. The first-order valence-corrected chi connectivity index (χ1v) is 6.83. The molecule has 2 heterocycles. The summed E-state index contributed by atoms with van der Waals surface area (Å²) in [6.45, 7) is 5.17. The molecule has 21 heavy (non-hydrogen) atoms. The highest BCUT2D eigenvalue weighted by molar-refractivity contribution is 5.82. The average Bonchev–Trinajstić information content (AvgIpc) is 2.92. The minimum absolute atomic E-state index is 0.190. The van der Waals surface area contributed by atoms with E-state index in [4.69, 9.17) is 0 Å². The van der Waals surface area contributed by atoms with Gasteiger partial charge in [0, 0.05) is 13.1 Å². The fourth-order valence-electron chi connectivity index (χ4n) is 2.24. The van der Waals surface area contributed by atoms with Crippen LogP contribution in [-0.2, 0) is 13.1 Å². The number of aromatic nitrogens is 4. The van der Waals surface area contributed by atoms with E-state index in [1.807, 2.05) is 17.6 Å². The zero-order chi connectivity index (χ0) is 14.8. The topological polar surface area (TPSA) is 55.6 Å². The number of imidazole rings is 1. The van der Waals surface area contributed by atoms with Crippen molar-refractivity contribution in [2.75, 3.05) is 5.32 Å². The molecule has 0 aliphatic rings. The second-order valence-corrected chi connectivity index (χ2v) is 4.86. The van der Waals surface area contributed by atoms with Crippen molar-refractivity contribution in [3.05, 3.63) is 47.8 Å². The molecule has 0 aliphatic carbocycles. The summed E-state index contributed by atoms with van der Waals surface area (Å²) in [5.41, 5.74) is 3.19. The second-order valence-electron chi connectivity index (χ2n) is 4.86. The van der Waals surface area contributed by atoms with Crippen LogP contribution in [-0.4, -0.2) is 19.5 Å². The fourth-order valence-corrected chi connectivity index (χ4v) is 2.24. The van der Waals surface area contributed by atoms with Gasteiger partial charge in [-0.1, -0.05) is 12.1 Å². The summed E-state index contributed by atoms with van der Waals surface area (Å²) in [5.74, 6) is 0.499. The zero-order valence-corrected chi connectivity index (χ0v) is 12.0. The predicted octanol–water partition coefficient (Wildman–Crippen LogP) is 2.91. The average molecular weight is 285 g/mol. The maximum absolute atomic E-state index is 13.3. The Morgan fingerprint density at radius 1 is 1.24 bits per heavy atom. The predicted molar refractivity (Wildman–Crippen MR) is 79.5 cm³/mol. The number of nitrogens with one attached hydrogen (secondary N) is 1. The Labute approximate surface area is 121 Å². The Hall–Kier alpha value is -2.50. The van der Waals surface area contributed by atoms with Crippen molar-refractivity contribution in [2.45, 2.75) is 26.9 Å². The number of nitrogens with zero attached hydrogens (tertiary/aromatic N) is 4. The van der Waals surface area contributed by atoms with E-state index < -0.39 is 0 Å². The third-order valence-corrected chi connectivity index (χ3v) is 3.42. The summed E-state index contributed by atoms with van der Waals surface area (Å²) in [6.07, 6.45) is 3.28. The van der Waals surface area contributed by atoms with E-state index >= 15 is 0 Å². The van der Waals surface area contributed by atoms with Crippen LogP contribution in [0.15, 0.2) is 30.9 Å². The first kappa shape index (κ1) is 13.5. The molecule has 0 fully saturated rings. The molecule has 0 bridgehead atoms. The van der Waals surface area contributed by atoms with Crippen LogP contribution in [0.3, 0.4) is 0 Å². The Bertz CT molecular complexity index is 781. The van der Waals surface area contributed by atoms with Gasteiger partial charge in [0.25, 0.3) is 0 Å². The van der Waals surface area contributed by atoms with Crippen LogP contribution in [0.1, 0.15) is 18.1 Å². The van der Waals surface area contributed by atoms with Gasteiger partial charge in [-0.15, -0.1) is 0 Å². The number of fused-ring (bicyclic) bond motifs is 1. The van der Waals surface area contributed by atoms with Crippen molar-refractivity contribution in [2.24, 2.45) is 0 Å². The van der Waals surface area contributed by atoms with Crippen LogP contribution < -0.4 is 5.32 Å². The van der Waals surface area contributed by atoms with Gasteiger partial charge < -0.3 is 9.88 Å². The van der Waals surface area contributed by atoms with Gasteiger partial charge in [-0.3, -0.25) is 0 Å². The maximum atomic E-state index is 13.3. The number of halogens is 1. The van der Waals surface area contributed by atoms with Gasteiger partial charge in [-0.25, -0.2) is 19.3 Å². The zero-order valence-electron chi connectivity index (χ0n) is 12.0. The second kappa shape index (κ2) is 5.47. The molecule has 0 radical (unpaired) electrons. The van der Waals surface area contributed by atoms with Crippen molar-refractivity contribution in [3.8, 4) is 0 Å². The lowest BCUT2D eigenvalue weighted by molar-refractivity contribution is 0.617. The Kier molecular flexibility index (Phi) is 3.51. The molecule has 1 N–H and O–H groups in total. The van der Waals surface area contributed by atoms with Crippen molar-refractivity contribution >= 4 is 17.0 Å². The summed E-state index contributed by atoms with van der Waals surface area (Å²) in [5, 5.41) is 3.24. The van der Waals surface area contributed by atoms with Crippen LogP contribution in [0.4, 0.5) is 10.2 Å². The van der Waals surface area contributed by atoms with E-state index in [1.54, 1.807) is 19.3 Å². The quantitative estimate of drug-likeness (QED) is 0.801. The molecule has 0 aliphatic heterocycles. The largest absolute Gasteiger partial charge is 0.364 e. The molecule has 0 unspecified atom stereocenters. The van der Waals surface area contributed by atoms with Crippen molar-refractivity contribution in [3.63, 3.8) is 0 Å².